The van der Waals surface area contributed by atoms with E-state index in [0.29, 0.717) is 24.8 Å². The highest BCUT2D eigenvalue weighted by atomic mass is 79.9. The number of unbranched alkanes of at least 4 members (excludes halogenated alkanes) is 6. The van der Waals surface area contributed by atoms with Gasteiger partial charge in [-0.15, -0.1) is 0 Å². The molecule has 0 aliphatic rings. The molecule has 2 rings (SSSR count). The van der Waals surface area contributed by atoms with Crippen LogP contribution in [0.2, 0.25) is 0 Å². The molecule has 2 aromatic rings. The molecule has 224 valence electrons. The summed E-state index contributed by atoms with van der Waals surface area (Å²) in [6.45, 7) is 5.74. The van der Waals surface area contributed by atoms with Gasteiger partial charge in [0, 0.05) is 23.7 Å². The van der Waals surface area contributed by atoms with Gasteiger partial charge in [0.05, 0.1) is 16.7 Å². The number of hydrogen-bond acceptors (Lipinski definition) is 8. The molecule has 0 aromatic heterocycles. The number of carbonyl (C=O) groups excluding carboxylic acids is 4. The molecule has 0 heterocycles. The van der Waals surface area contributed by atoms with Crippen molar-refractivity contribution < 1.29 is 38.9 Å². The van der Waals surface area contributed by atoms with E-state index in [1.165, 1.54) is 0 Å². The molecule has 0 unspecified atom stereocenters. The average Bonchev–Trinajstić information content (AvgIpc) is 2.95. The highest BCUT2D eigenvalue weighted by Gasteiger charge is 2.36. The summed E-state index contributed by atoms with van der Waals surface area (Å²) in [5, 5.41) is 22.0. The summed E-state index contributed by atoms with van der Waals surface area (Å²) in [6, 6.07) is 7.03. The molecular formula is C32H41BrO8. The van der Waals surface area contributed by atoms with Crippen molar-refractivity contribution in [3.63, 3.8) is 0 Å². The summed E-state index contributed by atoms with van der Waals surface area (Å²) in [4.78, 5) is 53.3. The zero-order valence-corrected chi connectivity index (χ0v) is 25.8. The second-order valence-corrected chi connectivity index (χ2v) is 11.0. The fourth-order valence-corrected chi connectivity index (χ4v) is 4.61. The maximum Gasteiger partial charge on any atom is 0.340 e. The fourth-order valence-electron chi connectivity index (χ4n) is 4.35. The molecule has 0 fully saturated rings. The third-order valence-electron chi connectivity index (χ3n) is 6.66. The lowest BCUT2D eigenvalue weighted by atomic mass is 9.89. The summed E-state index contributed by atoms with van der Waals surface area (Å²) < 4.78 is 11.8. The molecule has 0 aliphatic carbocycles. The normalized spacial score (nSPS) is 10.8. The number of esters is 2. The second-order valence-electron chi connectivity index (χ2n) is 10.0. The predicted molar refractivity (Wildman–Crippen MR) is 160 cm³/mol. The SMILES string of the molecule is CCCCCC(=O)Oc1c(O)c(O)c(C(=O)CCCCC)c(C(=O)OCc2ccc(Br)cc2)c1C(=O)CCCCC. The van der Waals surface area contributed by atoms with E-state index in [-0.39, 0.29) is 25.9 Å². The Hall–Kier alpha value is -3.20. The van der Waals surface area contributed by atoms with Crippen LogP contribution in [-0.2, 0) is 16.1 Å². The molecule has 0 saturated carbocycles. The van der Waals surface area contributed by atoms with Gasteiger partial charge in [-0.25, -0.2) is 4.79 Å². The number of phenolic OH excluding ortho intramolecular Hbond substituents is 2. The van der Waals surface area contributed by atoms with E-state index in [2.05, 4.69) is 15.9 Å². The van der Waals surface area contributed by atoms with Gasteiger partial charge in [-0.2, -0.15) is 0 Å². The first-order valence-electron chi connectivity index (χ1n) is 14.5. The predicted octanol–water partition coefficient (Wildman–Crippen LogP) is 8.23. The molecule has 0 atom stereocenters. The van der Waals surface area contributed by atoms with Gasteiger partial charge in [0.25, 0.3) is 0 Å². The van der Waals surface area contributed by atoms with Crippen LogP contribution in [0.25, 0.3) is 0 Å². The number of carbonyl (C=O) groups is 4. The molecule has 41 heavy (non-hydrogen) atoms. The van der Waals surface area contributed by atoms with Gasteiger partial charge in [0.1, 0.15) is 6.61 Å². The Labute approximate surface area is 250 Å². The minimum atomic E-state index is -1.04. The van der Waals surface area contributed by atoms with Crippen LogP contribution in [0.4, 0.5) is 0 Å². The first-order chi connectivity index (χ1) is 19.7. The quantitative estimate of drug-likeness (QED) is 0.0553. The zero-order chi connectivity index (χ0) is 30.4. The van der Waals surface area contributed by atoms with Crippen LogP contribution in [-0.4, -0.2) is 33.7 Å². The van der Waals surface area contributed by atoms with Crippen molar-refractivity contribution in [1.82, 2.24) is 0 Å². The van der Waals surface area contributed by atoms with Gasteiger partial charge >= 0.3 is 11.9 Å². The number of phenols is 2. The summed E-state index contributed by atoms with van der Waals surface area (Å²) in [5.41, 5.74) is -0.750. The standard InChI is InChI=1S/C32H41BrO8/c1-4-7-10-13-23(34)26-28(32(39)40-20-21-16-18-22(33)19-17-21)27(24(35)14-11-8-5-2)31(30(38)29(26)37)41-25(36)15-12-9-6-3/h16-19,37-38H,4-15,20H2,1-3H3. The summed E-state index contributed by atoms with van der Waals surface area (Å²) in [6.07, 6.45) is 6.23. The van der Waals surface area contributed by atoms with Crippen LogP contribution < -0.4 is 4.74 Å². The van der Waals surface area contributed by atoms with Gasteiger partial charge in [0.2, 0.25) is 5.75 Å². The van der Waals surface area contributed by atoms with E-state index >= 15 is 0 Å². The molecule has 9 heteroatoms. The minimum Gasteiger partial charge on any atom is -0.504 e. The smallest absolute Gasteiger partial charge is 0.340 e. The van der Waals surface area contributed by atoms with Crippen LogP contribution in [0.3, 0.4) is 0 Å². The van der Waals surface area contributed by atoms with E-state index in [4.69, 9.17) is 9.47 Å². The van der Waals surface area contributed by atoms with Crippen LogP contribution in [0.5, 0.6) is 17.2 Å². The largest absolute Gasteiger partial charge is 0.504 e. The van der Waals surface area contributed by atoms with Crippen molar-refractivity contribution in [1.29, 1.82) is 0 Å². The lowest BCUT2D eigenvalue weighted by Gasteiger charge is -2.20. The van der Waals surface area contributed by atoms with E-state index in [1.54, 1.807) is 24.3 Å². The van der Waals surface area contributed by atoms with Gasteiger partial charge < -0.3 is 19.7 Å². The first kappa shape index (κ1) is 34.0. The lowest BCUT2D eigenvalue weighted by molar-refractivity contribution is -0.134. The summed E-state index contributed by atoms with van der Waals surface area (Å²) >= 11 is 3.35. The molecule has 2 N–H and O–H groups in total. The molecule has 0 radical (unpaired) electrons. The molecule has 0 spiro atoms. The number of ketones is 2. The Morgan fingerprint density at radius 2 is 1.20 bits per heavy atom. The van der Waals surface area contributed by atoms with Crippen LogP contribution >= 0.6 is 15.9 Å². The molecule has 0 saturated heterocycles. The number of aromatic hydroxyl groups is 2. The van der Waals surface area contributed by atoms with Gasteiger partial charge in [-0.3, -0.25) is 14.4 Å². The van der Waals surface area contributed by atoms with E-state index in [1.807, 2.05) is 20.8 Å². The van der Waals surface area contributed by atoms with Crippen molar-refractivity contribution in [3.8, 4) is 17.2 Å². The highest BCUT2D eigenvalue weighted by Crippen LogP contribution is 2.46. The van der Waals surface area contributed by atoms with Gasteiger partial charge in [-0.1, -0.05) is 87.4 Å². The fraction of sp³-hybridized carbons (Fsp3) is 0.500. The topological polar surface area (TPSA) is 127 Å². The number of Topliss-reactive ketones (excluding diaryl/α,β-unsaturated/α-hetero) is 2. The molecule has 0 aliphatic heterocycles. The maximum atomic E-state index is 13.6. The van der Waals surface area contributed by atoms with Crippen molar-refractivity contribution >= 4 is 39.4 Å². The van der Waals surface area contributed by atoms with Crippen molar-refractivity contribution in [2.24, 2.45) is 0 Å². The number of halogens is 1. The third-order valence-corrected chi connectivity index (χ3v) is 7.19. The van der Waals surface area contributed by atoms with Crippen molar-refractivity contribution in [3.05, 3.63) is 51.0 Å². The van der Waals surface area contributed by atoms with Crippen LogP contribution in [0.15, 0.2) is 28.7 Å². The minimum absolute atomic E-state index is 0.0125. The highest BCUT2D eigenvalue weighted by molar-refractivity contribution is 9.10. The zero-order valence-electron chi connectivity index (χ0n) is 24.2. The monoisotopic (exact) mass is 632 g/mol. The Balaban J connectivity index is 2.68. The maximum absolute atomic E-state index is 13.6. The third kappa shape index (κ3) is 9.99. The van der Waals surface area contributed by atoms with Crippen molar-refractivity contribution in [2.75, 3.05) is 0 Å². The molecule has 2 aromatic carbocycles. The number of ether oxygens (including phenoxy) is 2. The number of benzene rings is 2. The van der Waals surface area contributed by atoms with E-state index < -0.39 is 57.4 Å². The molecule has 0 amide bonds. The number of rotatable bonds is 18. The molecule has 0 bridgehead atoms. The average molecular weight is 634 g/mol. The summed E-state index contributed by atoms with van der Waals surface area (Å²) in [7, 11) is 0. The lowest BCUT2D eigenvalue weighted by Crippen LogP contribution is -2.21. The van der Waals surface area contributed by atoms with E-state index in [9.17, 15) is 29.4 Å². The Bertz CT molecular complexity index is 1200. The molecular weight excluding hydrogens is 592 g/mol. The van der Waals surface area contributed by atoms with Crippen molar-refractivity contribution in [2.45, 2.75) is 104 Å². The van der Waals surface area contributed by atoms with E-state index in [0.717, 1.165) is 43.0 Å². The van der Waals surface area contributed by atoms with Crippen LogP contribution in [0, 0.1) is 0 Å². The van der Waals surface area contributed by atoms with Crippen LogP contribution in [0.1, 0.15) is 134 Å². The molecule has 8 nitrogen and oxygen atoms in total. The van der Waals surface area contributed by atoms with Gasteiger partial charge in [-0.05, 0) is 37.0 Å². The number of hydrogen-bond donors (Lipinski definition) is 2. The Morgan fingerprint density at radius 1 is 0.683 bits per heavy atom. The summed E-state index contributed by atoms with van der Waals surface area (Å²) in [5.74, 6) is -5.43. The second kappa shape index (κ2) is 17.6. The van der Waals surface area contributed by atoms with Gasteiger partial charge in [0.15, 0.2) is 23.1 Å². The Morgan fingerprint density at radius 3 is 1.73 bits per heavy atom. The first-order valence-corrected chi connectivity index (χ1v) is 15.3. The Kier molecular flexibility index (Phi) is 14.6.